The maximum absolute atomic E-state index is 13.1. The number of anilines is 3. The molecule has 0 saturated carbocycles. The van der Waals surface area contributed by atoms with Gasteiger partial charge in [0, 0.05) is 38.4 Å². The van der Waals surface area contributed by atoms with Gasteiger partial charge in [0.25, 0.3) is 0 Å². The Bertz CT molecular complexity index is 807. The van der Waals surface area contributed by atoms with Crippen molar-refractivity contribution in [2.45, 2.75) is 20.3 Å². The highest BCUT2D eigenvalue weighted by molar-refractivity contribution is 5.70. The van der Waals surface area contributed by atoms with Gasteiger partial charge < -0.3 is 15.1 Å². The van der Waals surface area contributed by atoms with E-state index in [0.717, 1.165) is 12.1 Å². The van der Waals surface area contributed by atoms with Crippen LogP contribution in [0.2, 0.25) is 0 Å². The second-order valence-electron chi connectivity index (χ2n) is 7.21. The average molecular weight is 388 g/mol. The second-order valence-corrected chi connectivity index (χ2v) is 7.21. The maximum Gasteiger partial charge on any atom is 0.353 e. The molecule has 1 aromatic heterocycles. The number of benzene rings is 1. The molecule has 0 radical (unpaired) electrons. The van der Waals surface area contributed by atoms with Crippen LogP contribution < -0.4 is 15.1 Å². The molecule has 0 aliphatic carbocycles. The molecule has 3 rings (SSSR count). The molecule has 0 bridgehead atoms. The van der Waals surface area contributed by atoms with Crippen molar-refractivity contribution in [1.82, 2.24) is 9.97 Å². The third kappa shape index (κ3) is 4.65. The number of hydrogen-bond donors (Lipinski definition) is 1. The number of halogens is 1. The lowest BCUT2D eigenvalue weighted by molar-refractivity contribution is -0.383. The summed E-state index contributed by atoms with van der Waals surface area (Å²) in [5.41, 5.74) is 0.857. The van der Waals surface area contributed by atoms with Gasteiger partial charge in [0.2, 0.25) is 11.6 Å². The Balaban J connectivity index is 1.73. The van der Waals surface area contributed by atoms with Crippen molar-refractivity contribution < 1.29 is 9.31 Å². The van der Waals surface area contributed by atoms with Crippen LogP contribution in [0.15, 0.2) is 30.6 Å². The van der Waals surface area contributed by atoms with Crippen molar-refractivity contribution in [2.24, 2.45) is 5.92 Å². The van der Waals surface area contributed by atoms with Crippen molar-refractivity contribution in [1.29, 1.82) is 0 Å². The quantitative estimate of drug-likeness (QED) is 0.575. The molecule has 0 spiro atoms. The Labute approximate surface area is 163 Å². The van der Waals surface area contributed by atoms with Gasteiger partial charge >= 0.3 is 5.69 Å². The standard InChI is InChI=1S/C19H25FN6O2/c1-14(2)7-8-21-18-17(26(27)28)19(23-13-22-18)25-11-9-24(10-12-25)16-5-3-15(20)4-6-16/h3-6,13-14H,7-12H2,1-2H3,(H,21,22,23). The Hall–Kier alpha value is -2.97. The molecule has 0 amide bonds. The molecule has 150 valence electrons. The second kappa shape index (κ2) is 8.81. The lowest BCUT2D eigenvalue weighted by Crippen LogP contribution is -2.47. The Morgan fingerprint density at radius 2 is 1.79 bits per heavy atom. The van der Waals surface area contributed by atoms with Crippen LogP contribution >= 0.6 is 0 Å². The van der Waals surface area contributed by atoms with Gasteiger partial charge in [-0.3, -0.25) is 10.1 Å². The van der Waals surface area contributed by atoms with Gasteiger partial charge in [0.1, 0.15) is 12.1 Å². The van der Waals surface area contributed by atoms with Gasteiger partial charge in [-0.2, -0.15) is 0 Å². The van der Waals surface area contributed by atoms with Crippen molar-refractivity contribution >= 4 is 23.0 Å². The monoisotopic (exact) mass is 388 g/mol. The van der Waals surface area contributed by atoms with E-state index in [1.165, 1.54) is 18.5 Å². The summed E-state index contributed by atoms with van der Waals surface area (Å²) in [5, 5.41) is 14.8. The van der Waals surface area contributed by atoms with Crippen molar-refractivity contribution in [3.8, 4) is 0 Å². The zero-order valence-corrected chi connectivity index (χ0v) is 16.1. The van der Waals surface area contributed by atoms with E-state index in [2.05, 4.69) is 34.0 Å². The molecule has 28 heavy (non-hydrogen) atoms. The smallest absolute Gasteiger partial charge is 0.353 e. The van der Waals surface area contributed by atoms with Crippen LogP contribution in [0.1, 0.15) is 20.3 Å². The van der Waals surface area contributed by atoms with Crippen LogP contribution in [0.5, 0.6) is 0 Å². The molecule has 2 heterocycles. The van der Waals surface area contributed by atoms with Crippen molar-refractivity contribution in [2.75, 3.05) is 47.8 Å². The largest absolute Gasteiger partial charge is 0.368 e. The molecule has 2 aromatic rings. The third-order valence-electron chi connectivity index (χ3n) is 4.77. The van der Waals surface area contributed by atoms with E-state index in [-0.39, 0.29) is 17.3 Å². The topological polar surface area (TPSA) is 87.4 Å². The number of nitro groups is 1. The SMILES string of the molecule is CC(C)CCNc1ncnc(N2CCN(c3ccc(F)cc3)CC2)c1[N+](=O)[O-]. The van der Waals surface area contributed by atoms with Crippen LogP contribution in [0.4, 0.5) is 27.4 Å². The first kappa shape index (κ1) is 19.8. The van der Waals surface area contributed by atoms with Crippen LogP contribution in [0.25, 0.3) is 0 Å². The van der Waals surface area contributed by atoms with Crippen molar-refractivity contribution in [3.63, 3.8) is 0 Å². The number of piperazine rings is 1. The molecule has 8 nitrogen and oxygen atoms in total. The highest BCUT2D eigenvalue weighted by Gasteiger charge is 2.29. The van der Waals surface area contributed by atoms with Gasteiger partial charge in [-0.1, -0.05) is 13.8 Å². The van der Waals surface area contributed by atoms with Gasteiger partial charge in [-0.15, -0.1) is 0 Å². The lowest BCUT2D eigenvalue weighted by Gasteiger charge is -2.36. The zero-order valence-electron chi connectivity index (χ0n) is 16.1. The molecule has 1 aromatic carbocycles. The molecular formula is C19H25FN6O2. The number of rotatable bonds is 7. The highest BCUT2D eigenvalue weighted by atomic mass is 19.1. The number of nitrogens with one attached hydrogen (secondary N) is 1. The molecule has 0 atom stereocenters. The normalized spacial score (nSPS) is 14.4. The summed E-state index contributed by atoms with van der Waals surface area (Å²) in [6.45, 7) is 7.32. The zero-order chi connectivity index (χ0) is 20.1. The Morgan fingerprint density at radius 3 is 2.39 bits per heavy atom. The first-order valence-electron chi connectivity index (χ1n) is 9.44. The lowest BCUT2D eigenvalue weighted by atomic mass is 10.1. The minimum absolute atomic E-state index is 0.0820. The highest BCUT2D eigenvalue weighted by Crippen LogP contribution is 2.32. The predicted octanol–water partition coefficient (Wildman–Crippen LogP) is 3.31. The van der Waals surface area contributed by atoms with Crippen LogP contribution in [-0.2, 0) is 0 Å². The summed E-state index contributed by atoms with van der Waals surface area (Å²) < 4.78 is 13.1. The third-order valence-corrected chi connectivity index (χ3v) is 4.77. The van der Waals surface area contributed by atoms with E-state index in [0.29, 0.717) is 44.5 Å². The van der Waals surface area contributed by atoms with E-state index >= 15 is 0 Å². The van der Waals surface area contributed by atoms with Crippen LogP contribution in [0.3, 0.4) is 0 Å². The summed E-state index contributed by atoms with van der Waals surface area (Å²) in [4.78, 5) is 23.6. The average Bonchev–Trinajstić information content (AvgIpc) is 2.68. The minimum atomic E-state index is -0.417. The van der Waals surface area contributed by atoms with E-state index in [4.69, 9.17) is 0 Å². The summed E-state index contributed by atoms with van der Waals surface area (Å²) in [6, 6.07) is 6.36. The summed E-state index contributed by atoms with van der Waals surface area (Å²) in [6.07, 6.45) is 2.26. The molecule has 0 unspecified atom stereocenters. The van der Waals surface area contributed by atoms with Gasteiger partial charge in [0.15, 0.2) is 0 Å². The molecule has 9 heteroatoms. The number of nitrogens with zero attached hydrogens (tertiary/aromatic N) is 5. The maximum atomic E-state index is 13.1. The number of hydrogen-bond acceptors (Lipinski definition) is 7. The predicted molar refractivity (Wildman–Crippen MR) is 107 cm³/mol. The van der Waals surface area contributed by atoms with E-state index < -0.39 is 4.92 Å². The fourth-order valence-corrected chi connectivity index (χ4v) is 3.21. The fourth-order valence-electron chi connectivity index (χ4n) is 3.21. The Morgan fingerprint density at radius 1 is 1.14 bits per heavy atom. The van der Waals surface area contributed by atoms with Gasteiger partial charge in [-0.25, -0.2) is 14.4 Å². The molecule has 1 aliphatic rings. The van der Waals surface area contributed by atoms with Crippen LogP contribution in [0, 0.1) is 21.8 Å². The molecule has 1 saturated heterocycles. The molecule has 1 aliphatic heterocycles. The van der Waals surface area contributed by atoms with Gasteiger partial charge in [0.05, 0.1) is 4.92 Å². The molecule has 1 fully saturated rings. The first-order chi connectivity index (χ1) is 13.5. The van der Waals surface area contributed by atoms with Crippen molar-refractivity contribution in [3.05, 3.63) is 46.5 Å². The van der Waals surface area contributed by atoms with E-state index in [1.807, 2.05) is 4.90 Å². The fraction of sp³-hybridized carbons (Fsp3) is 0.474. The summed E-state index contributed by atoms with van der Waals surface area (Å²) in [7, 11) is 0. The first-order valence-corrected chi connectivity index (χ1v) is 9.44. The number of aromatic nitrogens is 2. The molecule has 1 N–H and O–H groups in total. The van der Waals surface area contributed by atoms with E-state index in [9.17, 15) is 14.5 Å². The van der Waals surface area contributed by atoms with E-state index in [1.54, 1.807) is 12.1 Å². The minimum Gasteiger partial charge on any atom is -0.368 e. The van der Waals surface area contributed by atoms with Gasteiger partial charge in [-0.05, 0) is 36.6 Å². The molecular weight excluding hydrogens is 363 g/mol. The summed E-state index contributed by atoms with van der Waals surface area (Å²) >= 11 is 0. The van der Waals surface area contributed by atoms with Crippen LogP contribution in [-0.4, -0.2) is 47.6 Å². The Kier molecular flexibility index (Phi) is 6.23. The summed E-state index contributed by atoms with van der Waals surface area (Å²) in [5.74, 6) is 0.825.